The van der Waals surface area contributed by atoms with Crippen LogP contribution in [0.1, 0.15) is 17.2 Å². The van der Waals surface area contributed by atoms with Crippen molar-refractivity contribution in [1.82, 2.24) is 19.8 Å². The van der Waals surface area contributed by atoms with Gasteiger partial charge in [-0.05, 0) is 55.9 Å². The van der Waals surface area contributed by atoms with Crippen molar-refractivity contribution in [1.29, 1.82) is 5.26 Å². The van der Waals surface area contributed by atoms with Gasteiger partial charge in [-0.3, -0.25) is 4.90 Å². The average molecular weight is 516 g/mol. The number of rotatable bonds is 7. The van der Waals surface area contributed by atoms with Gasteiger partial charge in [0.15, 0.2) is 0 Å². The minimum atomic E-state index is -0.209. The van der Waals surface area contributed by atoms with Crippen molar-refractivity contribution < 1.29 is 4.74 Å². The molecule has 192 valence electrons. The van der Waals surface area contributed by atoms with Crippen LogP contribution in [0.3, 0.4) is 0 Å². The van der Waals surface area contributed by atoms with Crippen molar-refractivity contribution in [2.45, 2.75) is 22.9 Å². The molecule has 8 nitrogen and oxygen atoms in total. The Morgan fingerprint density at radius 2 is 1.68 bits per heavy atom. The van der Waals surface area contributed by atoms with Crippen molar-refractivity contribution in [3.63, 3.8) is 0 Å². The highest BCUT2D eigenvalue weighted by Crippen LogP contribution is 2.31. The van der Waals surface area contributed by atoms with Crippen LogP contribution in [0.25, 0.3) is 0 Å². The van der Waals surface area contributed by atoms with Crippen molar-refractivity contribution >= 4 is 29.1 Å². The highest BCUT2D eigenvalue weighted by molar-refractivity contribution is 7.99. The first-order valence-electron chi connectivity index (χ1n) is 12.7. The number of aryl methyl sites for hydroxylation is 1. The number of piperazine rings is 1. The molecule has 3 heterocycles. The van der Waals surface area contributed by atoms with Gasteiger partial charge in [-0.15, -0.1) is 0 Å². The van der Waals surface area contributed by atoms with Crippen molar-refractivity contribution in [2.75, 3.05) is 69.7 Å². The Morgan fingerprint density at radius 3 is 2.35 bits per heavy atom. The minimum absolute atomic E-state index is 0.209. The highest BCUT2D eigenvalue weighted by Gasteiger charge is 2.23. The van der Waals surface area contributed by atoms with Crippen LogP contribution in [0.15, 0.2) is 64.6 Å². The Morgan fingerprint density at radius 1 is 0.973 bits per heavy atom. The van der Waals surface area contributed by atoms with Crippen LogP contribution < -0.4 is 10.2 Å². The predicted molar refractivity (Wildman–Crippen MR) is 148 cm³/mol. The van der Waals surface area contributed by atoms with Gasteiger partial charge in [-0.1, -0.05) is 23.9 Å². The zero-order chi connectivity index (χ0) is 25.6. The fourth-order valence-electron chi connectivity index (χ4n) is 4.57. The van der Waals surface area contributed by atoms with Crippen LogP contribution in [0.5, 0.6) is 0 Å². The number of nitriles is 1. The smallest absolute Gasteiger partial charge is 0.228 e. The fourth-order valence-corrected chi connectivity index (χ4v) is 5.41. The summed E-state index contributed by atoms with van der Waals surface area (Å²) in [5.41, 5.74) is 4.21. The largest absolute Gasteiger partial charge is 0.378 e. The Labute approximate surface area is 223 Å². The minimum Gasteiger partial charge on any atom is -0.378 e. The second kappa shape index (κ2) is 11.9. The lowest BCUT2D eigenvalue weighted by molar-refractivity contribution is 0.122. The van der Waals surface area contributed by atoms with Crippen molar-refractivity contribution in [3.05, 3.63) is 65.9 Å². The van der Waals surface area contributed by atoms with Crippen molar-refractivity contribution in [2.24, 2.45) is 0 Å². The van der Waals surface area contributed by atoms with Crippen LogP contribution in [0.2, 0.25) is 0 Å². The standard InChI is InChI=1S/C28H33N7OS/c1-21-20-30-28(31-23-5-7-24(8-6-23)34-15-17-36-18-16-34)32-27(21)37-25-9-3-22(4-10-25)26(19-29)35-13-11-33(2)12-14-35/h3-10,20,26H,11-18H2,1-2H3,(H,30,31,32). The number of likely N-dealkylation sites (N-methyl/N-ethyl adjacent to an activating group) is 1. The van der Waals surface area contributed by atoms with Gasteiger partial charge < -0.3 is 19.9 Å². The zero-order valence-electron chi connectivity index (χ0n) is 21.4. The SMILES string of the molecule is Cc1cnc(Nc2ccc(N3CCOCC3)cc2)nc1Sc1ccc(C(C#N)N2CCN(C)CC2)cc1. The molecular formula is C28H33N7OS. The van der Waals surface area contributed by atoms with Gasteiger partial charge in [0.1, 0.15) is 11.1 Å². The zero-order valence-corrected chi connectivity index (χ0v) is 22.2. The van der Waals surface area contributed by atoms with E-state index in [1.807, 2.05) is 13.1 Å². The molecule has 1 atom stereocenters. The summed E-state index contributed by atoms with van der Waals surface area (Å²) in [6, 6.07) is 19.0. The van der Waals surface area contributed by atoms with E-state index in [2.05, 4.69) is 86.6 Å². The van der Waals surface area contributed by atoms with Gasteiger partial charge in [-0.25, -0.2) is 9.97 Å². The van der Waals surface area contributed by atoms with E-state index in [4.69, 9.17) is 9.72 Å². The van der Waals surface area contributed by atoms with Gasteiger partial charge in [-0.2, -0.15) is 5.26 Å². The lowest BCUT2D eigenvalue weighted by atomic mass is 10.1. The monoisotopic (exact) mass is 515 g/mol. The summed E-state index contributed by atoms with van der Waals surface area (Å²) < 4.78 is 5.45. The third-order valence-corrected chi connectivity index (χ3v) is 7.98. The summed E-state index contributed by atoms with van der Waals surface area (Å²) in [5.74, 6) is 0.573. The molecule has 1 N–H and O–H groups in total. The first kappa shape index (κ1) is 25.5. The van der Waals surface area contributed by atoms with E-state index in [0.29, 0.717) is 5.95 Å². The Hall–Kier alpha value is -3.16. The molecule has 1 aromatic heterocycles. The Kier molecular flexibility index (Phi) is 8.21. The number of nitrogens with one attached hydrogen (secondary N) is 1. The molecule has 2 aromatic carbocycles. The number of hydrogen-bond donors (Lipinski definition) is 1. The van der Waals surface area contributed by atoms with E-state index in [1.165, 1.54) is 5.69 Å². The molecule has 0 bridgehead atoms. The van der Waals surface area contributed by atoms with E-state index >= 15 is 0 Å². The molecular weight excluding hydrogens is 482 g/mol. The van der Waals surface area contributed by atoms with E-state index in [0.717, 1.165) is 79.2 Å². The number of benzene rings is 2. The molecule has 5 rings (SSSR count). The van der Waals surface area contributed by atoms with Gasteiger partial charge >= 0.3 is 0 Å². The second-order valence-electron chi connectivity index (χ2n) is 9.50. The van der Waals surface area contributed by atoms with Crippen LogP contribution >= 0.6 is 11.8 Å². The molecule has 9 heteroatoms. The summed E-state index contributed by atoms with van der Waals surface area (Å²) in [6.45, 7) is 9.22. The third kappa shape index (κ3) is 6.40. The molecule has 0 amide bonds. The predicted octanol–water partition coefficient (Wildman–Crippen LogP) is 4.33. The maximum atomic E-state index is 9.83. The summed E-state index contributed by atoms with van der Waals surface area (Å²) in [7, 11) is 2.13. The average Bonchev–Trinajstić information content (AvgIpc) is 2.94. The number of anilines is 3. The topological polar surface area (TPSA) is 80.5 Å². The molecule has 0 radical (unpaired) electrons. The second-order valence-corrected chi connectivity index (χ2v) is 10.6. The van der Waals surface area contributed by atoms with Gasteiger partial charge in [0.25, 0.3) is 0 Å². The lowest BCUT2D eigenvalue weighted by Gasteiger charge is -2.35. The maximum Gasteiger partial charge on any atom is 0.228 e. The Bertz CT molecular complexity index is 1210. The molecule has 1 unspecified atom stereocenters. The summed E-state index contributed by atoms with van der Waals surface area (Å²) in [6.07, 6.45) is 1.85. The van der Waals surface area contributed by atoms with Gasteiger partial charge in [0.2, 0.25) is 5.95 Å². The van der Waals surface area contributed by atoms with Crippen molar-refractivity contribution in [3.8, 4) is 6.07 Å². The van der Waals surface area contributed by atoms with Crippen LogP contribution in [-0.4, -0.2) is 79.3 Å². The molecule has 0 aliphatic carbocycles. The van der Waals surface area contributed by atoms with Crippen LogP contribution in [-0.2, 0) is 4.74 Å². The molecule has 3 aromatic rings. The molecule has 0 spiro atoms. The van der Waals surface area contributed by atoms with E-state index < -0.39 is 0 Å². The first-order chi connectivity index (χ1) is 18.1. The summed E-state index contributed by atoms with van der Waals surface area (Å²) in [4.78, 5) is 17.3. The maximum absolute atomic E-state index is 9.83. The van der Waals surface area contributed by atoms with Crippen LogP contribution in [0.4, 0.5) is 17.3 Å². The third-order valence-electron chi connectivity index (χ3n) is 6.86. The Balaban J connectivity index is 1.23. The number of hydrogen-bond acceptors (Lipinski definition) is 9. The summed E-state index contributed by atoms with van der Waals surface area (Å²) >= 11 is 1.61. The van der Waals surface area contributed by atoms with Crippen LogP contribution in [0, 0.1) is 18.3 Å². The fraction of sp³-hybridized carbons (Fsp3) is 0.393. The number of aromatic nitrogens is 2. The first-order valence-corrected chi connectivity index (χ1v) is 13.5. The van der Waals surface area contributed by atoms with Gasteiger partial charge in [0, 0.05) is 67.3 Å². The quantitative estimate of drug-likeness (QED) is 0.463. The molecule has 2 aliphatic heterocycles. The molecule has 37 heavy (non-hydrogen) atoms. The van der Waals surface area contributed by atoms with E-state index in [-0.39, 0.29) is 6.04 Å². The molecule has 0 saturated carbocycles. The highest BCUT2D eigenvalue weighted by atomic mass is 32.2. The molecule has 2 fully saturated rings. The van der Waals surface area contributed by atoms with E-state index in [1.54, 1.807) is 11.8 Å². The van der Waals surface area contributed by atoms with Gasteiger partial charge in [0.05, 0.1) is 19.3 Å². The number of nitrogens with zero attached hydrogens (tertiary/aromatic N) is 6. The number of ether oxygens (including phenoxy) is 1. The lowest BCUT2D eigenvalue weighted by Crippen LogP contribution is -2.45. The normalized spacial score (nSPS) is 17.8. The summed E-state index contributed by atoms with van der Waals surface area (Å²) in [5, 5.41) is 14.1. The van der Waals surface area contributed by atoms with E-state index in [9.17, 15) is 5.26 Å². The number of morpholine rings is 1. The molecule has 2 saturated heterocycles. The molecule has 2 aliphatic rings.